The number of nitrogens with zero attached hydrogens (tertiary/aromatic N) is 5. The maximum Gasteiger partial charge on any atom is 1.00 e. The molecule has 4 aromatic rings. The first-order chi connectivity index (χ1) is 22.1. The summed E-state index contributed by atoms with van der Waals surface area (Å²) >= 11 is 0. The van der Waals surface area contributed by atoms with Gasteiger partial charge in [0.15, 0.2) is 0 Å². The van der Waals surface area contributed by atoms with Crippen LogP contribution in [0.2, 0.25) is 0 Å². The summed E-state index contributed by atoms with van der Waals surface area (Å²) in [5.41, 5.74) is 4.74. The van der Waals surface area contributed by atoms with Gasteiger partial charge in [-0.15, -0.1) is 0 Å². The first kappa shape index (κ1) is 40.6. The third kappa shape index (κ3) is 12.7. The monoisotopic (exact) mass is 667 g/mol. The van der Waals surface area contributed by atoms with E-state index in [0.717, 1.165) is 54.9 Å². The van der Waals surface area contributed by atoms with Crippen molar-refractivity contribution >= 4 is 46.5 Å². The number of pyridine rings is 1. The van der Waals surface area contributed by atoms with Gasteiger partial charge in [-0.1, -0.05) is 36.3 Å². The summed E-state index contributed by atoms with van der Waals surface area (Å²) in [4.78, 5) is 28.6. The number of carbonyl (C=O) groups excluding carboxylic acids is 2. The predicted octanol–water partition coefficient (Wildman–Crippen LogP) is 2.79. The van der Waals surface area contributed by atoms with E-state index in [-0.39, 0.29) is 57.3 Å². The second-order valence-electron chi connectivity index (χ2n) is 12.2. The summed E-state index contributed by atoms with van der Waals surface area (Å²) in [5, 5.41) is 21.8. The first-order valence-corrected chi connectivity index (χ1v) is 15.7. The Morgan fingerprint density at radius 3 is 2.30 bits per heavy atom. The zero-order valence-corrected chi connectivity index (χ0v) is 32.3. The van der Waals surface area contributed by atoms with Crippen molar-refractivity contribution in [2.75, 3.05) is 51.7 Å². The zero-order chi connectivity index (χ0) is 33.7. The van der Waals surface area contributed by atoms with Gasteiger partial charge in [0, 0.05) is 62.1 Å². The number of anilines is 2. The average Bonchev–Trinajstić information content (AvgIpc) is 3.40. The van der Waals surface area contributed by atoms with Gasteiger partial charge in [-0.2, -0.15) is 0 Å². The maximum absolute atomic E-state index is 11.6. The van der Waals surface area contributed by atoms with Crippen LogP contribution in [0.5, 0.6) is 0 Å². The van der Waals surface area contributed by atoms with Gasteiger partial charge in [0.05, 0.1) is 5.60 Å². The van der Waals surface area contributed by atoms with Gasteiger partial charge >= 0.3 is 51.4 Å². The SMILES string of the molecule is C=O.CC(=O)NCCN(c1ccnc([N-]c2ccc(C3CCN(CC(C)(C)O)CC3)cc2)c1)c1ccc2c(ccn2C)c1.CNC.[K+]. The first-order valence-electron chi connectivity index (χ1n) is 15.7. The Hall–Kier alpha value is -2.61. The van der Waals surface area contributed by atoms with Crippen LogP contribution in [-0.4, -0.2) is 84.7 Å². The van der Waals surface area contributed by atoms with Gasteiger partial charge in [0.1, 0.15) is 6.79 Å². The van der Waals surface area contributed by atoms with E-state index in [4.69, 9.17) is 10.1 Å². The van der Waals surface area contributed by atoms with Crippen LogP contribution >= 0.6 is 0 Å². The van der Waals surface area contributed by atoms with Gasteiger partial charge in [-0.3, -0.25) is 4.79 Å². The molecular formula is C36H50KN7O3. The zero-order valence-electron chi connectivity index (χ0n) is 29.2. The molecular weight excluding hydrogens is 618 g/mol. The molecule has 1 saturated heterocycles. The molecule has 1 aliphatic heterocycles. The van der Waals surface area contributed by atoms with Crippen LogP contribution in [0.1, 0.15) is 45.1 Å². The number of aromatic nitrogens is 2. The van der Waals surface area contributed by atoms with Crippen molar-refractivity contribution in [2.45, 2.75) is 45.1 Å². The molecule has 248 valence electrons. The molecule has 3 heterocycles. The fourth-order valence-electron chi connectivity index (χ4n) is 5.75. The van der Waals surface area contributed by atoms with E-state index >= 15 is 0 Å². The molecule has 10 nitrogen and oxygen atoms in total. The molecule has 0 spiro atoms. The summed E-state index contributed by atoms with van der Waals surface area (Å²) in [6, 6.07) is 21.0. The number of benzene rings is 2. The number of nitrogens with one attached hydrogen (secondary N) is 2. The molecule has 0 aliphatic carbocycles. The maximum atomic E-state index is 11.6. The van der Waals surface area contributed by atoms with E-state index < -0.39 is 5.60 Å². The number of rotatable bonds is 10. The number of hydrogen-bond donors (Lipinski definition) is 3. The van der Waals surface area contributed by atoms with E-state index in [9.17, 15) is 9.90 Å². The summed E-state index contributed by atoms with van der Waals surface area (Å²) in [5.74, 6) is 1.13. The number of piperidine rings is 1. The third-order valence-corrected chi connectivity index (χ3v) is 7.74. The van der Waals surface area contributed by atoms with Crippen LogP contribution in [0.4, 0.5) is 22.9 Å². The van der Waals surface area contributed by atoms with Crippen molar-refractivity contribution in [1.29, 1.82) is 0 Å². The minimum atomic E-state index is -0.653. The second-order valence-corrected chi connectivity index (χ2v) is 12.2. The van der Waals surface area contributed by atoms with Crippen molar-refractivity contribution in [2.24, 2.45) is 7.05 Å². The van der Waals surface area contributed by atoms with Crippen LogP contribution in [0, 0.1) is 0 Å². The van der Waals surface area contributed by atoms with Crippen molar-refractivity contribution in [1.82, 2.24) is 25.1 Å². The van der Waals surface area contributed by atoms with Crippen LogP contribution < -0.4 is 66.9 Å². The summed E-state index contributed by atoms with van der Waals surface area (Å²) in [6.07, 6.45) is 6.04. The van der Waals surface area contributed by atoms with Gasteiger partial charge in [-0.25, -0.2) is 0 Å². The van der Waals surface area contributed by atoms with E-state index in [1.807, 2.05) is 53.9 Å². The molecule has 0 unspecified atom stereocenters. The number of carbonyl (C=O) groups is 2. The molecule has 5 rings (SSSR count). The van der Waals surface area contributed by atoms with E-state index in [2.05, 4.69) is 84.7 Å². The number of likely N-dealkylation sites (tertiary alicyclic amines) is 1. The second kappa shape index (κ2) is 20.0. The van der Waals surface area contributed by atoms with Crippen molar-refractivity contribution in [3.8, 4) is 0 Å². The molecule has 0 saturated carbocycles. The molecule has 2 aromatic heterocycles. The molecule has 1 aliphatic rings. The Morgan fingerprint density at radius 2 is 1.68 bits per heavy atom. The summed E-state index contributed by atoms with van der Waals surface area (Å²) in [6.45, 7) is 11.2. The molecule has 0 radical (unpaired) electrons. The molecule has 11 heteroatoms. The van der Waals surface area contributed by atoms with Crippen molar-refractivity contribution in [3.63, 3.8) is 0 Å². The van der Waals surface area contributed by atoms with Crippen LogP contribution in [0.15, 0.2) is 73.1 Å². The standard InChI is InChI=1S/C33H42N6O2.C2H7N.CH2O.K/c1-24(40)34-16-20-39(29-9-10-31-27(21-29)12-17-37(31)4)30-11-15-35-32(22-30)36-28-7-5-25(6-8-28)26-13-18-38(19-14-26)23-33(2,3)41;1-3-2;1-2;/h5-12,15,17,21-22,26,41H,13-14,16,18-20,23H2,1-4H3,(H2,34,35,36,40);3H,1-2H3;1H2;/q;;;+1/p-1. The summed E-state index contributed by atoms with van der Waals surface area (Å²) in [7, 11) is 5.79. The summed E-state index contributed by atoms with van der Waals surface area (Å²) < 4.78 is 2.11. The fraction of sp³-hybridized carbons (Fsp3) is 0.417. The molecule has 3 N–H and O–H groups in total. The van der Waals surface area contributed by atoms with Gasteiger partial charge < -0.3 is 45.2 Å². The molecule has 2 aromatic carbocycles. The molecule has 1 fully saturated rings. The largest absolute Gasteiger partial charge is 1.00 e. The minimum absolute atomic E-state index is 0. The van der Waals surface area contributed by atoms with Gasteiger partial charge in [0.2, 0.25) is 5.91 Å². The Kier molecular flexibility index (Phi) is 17.3. The number of fused-ring (bicyclic) bond motifs is 1. The fourth-order valence-corrected chi connectivity index (χ4v) is 5.75. The van der Waals surface area contributed by atoms with E-state index in [1.54, 1.807) is 6.20 Å². The third-order valence-electron chi connectivity index (χ3n) is 7.74. The molecule has 1 amide bonds. The Bertz CT molecular complexity index is 1510. The van der Waals surface area contributed by atoms with E-state index in [1.165, 1.54) is 18.0 Å². The quantitative estimate of drug-likeness (QED) is 0.223. The molecule has 47 heavy (non-hydrogen) atoms. The van der Waals surface area contributed by atoms with Crippen LogP contribution in [0.25, 0.3) is 16.2 Å². The van der Waals surface area contributed by atoms with Crippen LogP contribution in [0.3, 0.4) is 0 Å². The molecule has 0 bridgehead atoms. The number of aliphatic hydroxyl groups is 1. The van der Waals surface area contributed by atoms with Gasteiger partial charge in [0.25, 0.3) is 0 Å². The van der Waals surface area contributed by atoms with E-state index in [0.29, 0.717) is 24.8 Å². The minimum Gasteiger partial charge on any atom is -0.442 e. The Morgan fingerprint density at radius 1 is 1.04 bits per heavy atom. The normalized spacial score (nSPS) is 13.3. The molecule has 0 atom stereocenters. The Labute approximate surface area is 322 Å². The topological polar surface area (TPSA) is 117 Å². The number of hydrogen-bond acceptors (Lipinski definition) is 7. The number of aryl methyl sites for hydroxylation is 1. The van der Waals surface area contributed by atoms with Gasteiger partial charge in [-0.05, 0) is 107 Å². The predicted molar refractivity (Wildman–Crippen MR) is 189 cm³/mol. The smallest absolute Gasteiger partial charge is 0.442 e. The number of amides is 1. The number of β-amino-alcohol motifs (C(OH)–C–C–N with tert-alkyl or cyclic N) is 1. The van der Waals surface area contributed by atoms with Crippen LogP contribution in [-0.2, 0) is 16.6 Å². The average molecular weight is 668 g/mol. The Balaban J connectivity index is 0.00000121. The van der Waals surface area contributed by atoms with Crippen molar-refractivity contribution < 1.29 is 66.1 Å². The van der Waals surface area contributed by atoms with Crippen molar-refractivity contribution in [3.05, 3.63) is 83.9 Å².